The second-order valence-electron chi connectivity index (χ2n) is 6.66. The maximum atomic E-state index is 12.8. The molecular weight excluding hydrogens is 420 g/mol. The largest absolute Gasteiger partial charge is 0.392 e. The van der Waals surface area contributed by atoms with E-state index in [0.717, 1.165) is 0 Å². The summed E-state index contributed by atoms with van der Waals surface area (Å²) in [6.07, 6.45) is 0. The zero-order valence-electron chi connectivity index (χ0n) is 16.2. The first-order chi connectivity index (χ1) is 15.0. The van der Waals surface area contributed by atoms with Crippen molar-refractivity contribution in [3.8, 4) is 11.3 Å². The molecule has 0 spiro atoms. The van der Waals surface area contributed by atoms with Gasteiger partial charge in [0.2, 0.25) is 5.13 Å². The lowest BCUT2D eigenvalue weighted by Gasteiger charge is -2.08. The average Bonchev–Trinajstić information content (AvgIpc) is 3.37. The van der Waals surface area contributed by atoms with E-state index < -0.39 is 11.0 Å². The minimum atomic E-state index is -0.872. The molecule has 0 bridgehead atoms. The van der Waals surface area contributed by atoms with Gasteiger partial charge >= 0.3 is 0 Å². The molecule has 4 rings (SSSR count). The van der Waals surface area contributed by atoms with Gasteiger partial charge in [-0.3, -0.25) is 14.9 Å². The number of thiazole rings is 1. The average molecular weight is 436 g/mol. The highest BCUT2D eigenvalue weighted by Gasteiger charge is 2.36. The highest BCUT2D eigenvalue weighted by atomic mass is 32.1. The number of nitro benzene ring substituents is 1. The molecule has 1 aliphatic rings. The van der Waals surface area contributed by atoms with Crippen LogP contribution in [0.3, 0.4) is 0 Å². The summed E-state index contributed by atoms with van der Waals surface area (Å²) in [5.74, 6) is -0.389. The van der Waals surface area contributed by atoms with E-state index in [0.29, 0.717) is 33.4 Å². The van der Waals surface area contributed by atoms with Gasteiger partial charge in [-0.25, -0.2) is 4.98 Å². The number of anilines is 1. The molecule has 0 saturated heterocycles. The number of hydrogen-bond acceptors (Lipinski definition) is 9. The van der Waals surface area contributed by atoms with Crippen LogP contribution in [-0.2, 0) is 11.4 Å². The van der Waals surface area contributed by atoms with E-state index in [-0.39, 0.29) is 18.2 Å². The summed E-state index contributed by atoms with van der Waals surface area (Å²) in [4.78, 5) is 27.8. The summed E-state index contributed by atoms with van der Waals surface area (Å²) in [7, 11) is 0. The van der Waals surface area contributed by atoms with Crippen LogP contribution >= 0.6 is 11.3 Å². The Labute approximate surface area is 180 Å². The zero-order chi connectivity index (χ0) is 22.0. The molecule has 2 aromatic carbocycles. The number of hydrogen-bond donors (Lipinski definition) is 1. The second kappa shape index (κ2) is 8.50. The molecule has 1 amide bonds. The van der Waals surface area contributed by atoms with Gasteiger partial charge in [0, 0.05) is 23.1 Å². The minimum Gasteiger partial charge on any atom is -0.392 e. The van der Waals surface area contributed by atoms with Gasteiger partial charge in [-0.1, -0.05) is 24.3 Å². The standard InChI is InChI=1S/C20H16N6O4S/c1-12-18(23-22-15-6-2-4-13(8-15)10-27)19(28)25(24-12)20-21-17(11-31-20)14-5-3-7-16(9-14)26(29)30/h2-9,11,18,27H,10H2,1H3. The molecule has 1 N–H and O–H groups in total. The van der Waals surface area contributed by atoms with Crippen LogP contribution in [0.1, 0.15) is 12.5 Å². The Kier molecular flexibility index (Phi) is 5.60. The minimum absolute atomic E-state index is 0.0380. The smallest absolute Gasteiger partial charge is 0.282 e. The summed E-state index contributed by atoms with van der Waals surface area (Å²) in [6, 6.07) is 12.2. The molecule has 31 heavy (non-hydrogen) atoms. The van der Waals surface area contributed by atoms with E-state index in [1.165, 1.54) is 28.5 Å². The predicted octanol–water partition coefficient (Wildman–Crippen LogP) is 4.09. The third-order valence-electron chi connectivity index (χ3n) is 4.50. The van der Waals surface area contributed by atoms with Gasteiger partial charge in [0.25, 0.3) is 11.6 Å². The summed E-state index contributed by atoms with van der Waals surface area (Å²) in [5, 5.41) is 35.9. The van der Waals surface area contributed by atoms with Crippen LogP contribution in [0, 0.1) is 10.1 Å². The zero-order valence-corrected chi connectivity index (χ0v) is 17.1. The van der Waals surface area contributed by atoms with Crippen molar-refractivity contribution in [2.24, 2.45) is 15.3 Å². The lowest BCUT2D eigenvalue weighted by molar-refractivity contribution is -0.384. The number of nitrogens with zero attached hydrogens (tertiary/aromatic N) is 6. The van der Waals surface area contributed by atoms with Crippen LogP contribution < -0.4 is 5.01 Å². The van der Waals surface area contributed by atoms with E-state index in [1.54, 1.807) is 48.7 Å². The third kappa shape index (κ3) is 4.22. The summed E-state index contributed by atoms with van der Waals surface area (Å²) in [5.41, 5.74) is 2.73. The normalized spacial score (nSPS) is 16.2. The fourth-order valence-electron chi connectivity index (χ4n) is 2.94. The van der Waals surface area contributed by atoms with E-state index in [9.17, 15) is 20.0 Å². The Bertz CT molecular complexity index is 1220. The Balaban J connectivity index is 1.54. The van der Waals surface area contributed by atoms with Crippen molar-refractivity contribution in [2.75, 3.05) is 5.01 Å². The first kappa shape index (κ1) is 20.4. The molecule has 1 aliphatic heterocycles. The monoisotopic (exact) mass is 436 g/mol. The Morgan fingerprint density at radius 3 is 2.84 bits per heavy atom. The summed E-state index contributed by atoms with van der Waals surface area (Å²) in [6.45, 7) is 1.57. The topological polar surface area (TPSA) is 134 Å². The highest BCUT2D eigenvalue weighted by Crippen LogP contribution is 2.32. The van der Waals surface area contributed by atoms with Crippen molar-refractivity contribution in [3.63, 3.8) is 0 Å². The number of rotatable bonds is 6. The number of hydrazone groups is 1. The van der Waals surface area contributed by atoms with Gasteiger partial charge in [0.1, 0.15) is 0 Å². The molecule has 1 unspecified atom stereocenters. The highest BCUT2D eigenvalue weighted by molar-refractivity contribution is 7.14. The van der Waals surface area contributed by atoms with Crippen LogP contribution in [0.15, 0.2) is 69.2 Å². The van der Waals surface area contributed by atoms with E-state index >= 15 is 0 Å². The summed E-state index contributed by atoms with van der Waals surface area (Å²) < 4.78 is 0. The van der Waals surface area contributed by atoms with Crippen LogP contribution in [-0.4, -0.2) is 32.7 Å². The van der Waals surface area contributed by atoms with Crippen molar-refractivity contribution in [3.05, 3.63) is 69.6 Å². The summed E-state index contributed by atoms with van der Waals surface area (Å²) >= 11 is 1.20. The second-order valence-corrected chi connectivity index (χ2v) is 7.50. The Morgan fingerprint density at radius 2 is 2.06 bits per heavy atom. The molecule has 3 aromatic rings. The third-order valence-corrected chi connectivity index (χ3v) is 5.32. The Hall–Kier alpha value is -3.83. The van der Waals surface area contributed by atoms with Crippen LogP contribution in [0.4, 0.5) is 16.5 Å². The SMILES string of the molecule is CC1=NN(c2nc(-c3cccc([N+](=O)[O-])c3)cs2)C(=O)C1N=Nc1cccc(CO)c1. The van der Waals surface area contributed by atoms with Gasteiger partial charge < -0.3 is 5.11 Å². The maximum absolute atomic E-state index is 12.8. The van der Waals surface area contributed by atoms with Gasteiger partial charge in [-0.2, -0.15) is 20.3 Å². The van der Waals surface area contributed by atoms with Crippen molar-refractivity contribution in [1.29, 1.82) is 0 Å². The number of benzene rings is 2. The van der Waals surface area contributed by atoms with Crippen molar-refractivity contribution >= 4 is 39.5 Å². The lowest BCUT2D eigenvalue weighted by Crippen LogP contribution is -2.29. The first-order valence-corrected chi connectivity index (χ1v) is 10.0. The molecule has 10 nitrogen and oxygen atoms in total. The number of carbonyl (C=O) groups is 1. The van der Waals surface area contributed by atoms with Gasteiger partial charge in [-0.15, -0.1) is 11.3 Å². The number of non-ortho nitro benzene ring substituents is 1. The molecular formula is C20H16N6O4S. The van der Waals surface area contributed by atoms with Crippen molar-refractivity contribution in [1.82, 2.24) is 4.98 Å². The molecule has 11 heteroatoms. The molecule has 0 saturated carbocycles. The number of carbonyl (C=O) groups excluding carboxylic acids is 1. The molecule has 0 radical (unpaired) electrons. The number of aliphatic hydroxyl groups excluding tert-OH is 1. The molecule has 2 heterocycles. The molecule has 156 valence electrons. The molecule has 0 aliphatic carbocycles. The van der Waals surface area contributed by atoms with Gasteiger partial charge in [0.05, 0.1) is 28.6 Å². The van der Waals surface area contributed by atoms with E-state index in [2.05, 4.69) is 20.3 Å². The number of aliphatic hydroxyl groups is 1. The van der Waals surface area contributed by atoms with Crippen molar-refractivity contribution in [2.45, 2.75) is 19.6 Å². The van der Waals surface area contributed by atoms with Crippen LogP contribution in [0.2, 0.25) is 0 Å². The van der Waals surface area contributed by atoms with Crippen molar-refractivity contribution < 1.29 is 14.8 Å². The number of nitro groups is 1. The maximum Gasteiger partial charge on any atom is 0.282 e. The van der Waals surface area contributed by atoms with Gasteiger partial charge in [0.15, 0.2) is 6.04 Å². The first-order valence-electron chi connectivity index (χ1n) is 9.16. The van der Waals surface area contributed by atoms with E-state index in [4.69, 9.17) is 0 Å². The number of amides is 1. The quantitative estimate of drug-likeness (QED) is 0.353. The predicted molar refractivity (Wildman–Crippen MR) is 115 cm³/mol. The van der Waals surface area contributed by atoms with E-state index in [1.807, 2.05) is 0 Å². The molecule has 0 fully saturated rings. The van der Waals surface area contributed by atoms with Crippen LogP contribution in [0.25, 0.3) is 11.3 Å². The van der Waals surface area contributed by atoms with Gasteiger partial charge in [-0.05, 0) is 24.6 Å². The number of azo groups is 1. The fourth-order valence-corrected chi connectivity index (χ4v) is 3.73. The van der Waals surface area contributed by atoms with Crippen LogP contribution in [0.5, 0.6) is 0 Å². The lowest BCUT2D eigenvalue weighted by atomic mass is 10.1. The molecule has 1 atom stereocenters. The molecule has 1 aromatic heterocycles. The fraction of sp³-hybridized carbons (Fsp3) is 0.150. The number of aromatic nitrogens is 1. The Morgan fingerprint density at radius 1 is 1.26 bits per heavy atom.